The van der Waals surface area contributed by atoms with Crippen LogP contribution in [0.15, 0.2) is 0 Å². The van der Waals surface area contributed by atoms with Gasteiger partial charge in [0.05, 0.1) is 6.42 Å². The second-order valence-corrected chi connectivity index (χ2v) is 1.89. The maximum Gasteiger partial charge on any atom is 0.318 e. The van der Waals surface area contributed by atoms with E-state index >= 15 is 0 Å². The molecule has 2 nitrogen and oxygen atoms in total. The van der Waals surface area contributed by atoms with Gasteiger partial charge in [-0.2, -0.15) is 4.58 Å². The molecule has 0 aliphatic rings. The van der Waals surface area contributed by atoms with Gasteiger partial charge in [0.25, 0.3) is 0 Å². The minimum absolute atomic E-state index is 0.522. The molecule has 42 valence electrons. The largest absolute Gasteiger partial charge is 0.463 e. The zero-order valence-electron chi connectivity index (χ0n) is 4.68. The topological polar surface area (TPSA) is 34.4 Å². The fourth-order valence-corrected chi connectivity index (χ4v) is 0.232. The molecule has 0 heterocycles. The van der Waals surface area contributed by atoms with Crippen molar-refractivity contribution in [2.45, 2.75) is 20.3 Å². The third-order valence-corrected chi connectivity index (χ3v) is 0.636. The van der Waals surface area contributed by atoms with Crippen LogP contribution < -0.4 is 5.26 Å². The molecule has 0 bridgehead atoms. The van der Waals surface area contributed by atoms with Gasteiger partial charge in [-0.1, -0.05) is 13.8 Å². The lowest BCUT2D eigenvalue weighted by atomic mass is 10.2. The van der Waals surface area contributed by atoms with E-state index in [0.29, 0.717) is 5.92 Å². The fourth-order valence-electron chi connectivity index (χ4n) is 0.232. The summed E-state index contributed by atoms with van der Waals surface area (Å²) in [6.07, 6.45) is 2.01. The van der Waals surface area contributed by atoms with Crippen LogP contribution in [0.1, 0.15) is 20.3 Å². The average Bonchev–Trinajstić information content (AvgIpc) is 1.61. The molecule has 0 rings (SSSR count). The van der Waals surface area contributed by atoms with Gasteiger partial charge in [-0.15, -0.1) is 0 Å². The minimum Gasteiger partial charge on any atom is -0.463 e. The number of hydrogen-bond acceptors (Lipinski definition) is 1. The lowest BCUT2D eigenvalue weighted by Crippen LogP contribution is -1.99. The smallest absolute Gasteiger partial charge is 0.318 e. The molecule has 7 heavy (non-hydrogen) atoms. The summed E-state index contributed by atoms with van der Waals surface area (Å²) in [7, 11) is 0. The molecule has 0 N–H and O–H groups in total. The Morgan fingerprint density at radius 2 is 2.29 bits per heavy atom. The number of aldehydes is 1. The van der Waals surface area contributed by atoms with Crippen LogP contribution in [0.25, 0.3) is 0 Å². The molecule has 0 radical (unpaired) electrons. The van der Waals surface area contributed by atoms with Gasteiger partial charge in [0.1, 0.15) is 0 Å². The highest BCUT2D eigenvalue weighted by molar-refractivity contribution is 5.49. The molecule has 0 aromatic rings. The lowest BCUT2D eigenvalue weighted by molar-refractivity contribution is -1.04. The third-order valence-electron chi connectivity index (χ3n) is 0.636. The van der Waals surface area contributed by atoms with E-state index in [4.69, 9.17) is 0 Å². The first-order valence-electron chi connectivity index (χ1n) is 2.37. The number of carbonyl (C=O) groups excluding carboxylic acids is 1. The minimum atomic E-state index is 0.522. The summed E-state index contributed by atoms with van der Waals surface area (Å²) >= 11 is 0. The van der Waals surface area contributed by atoms with Crippen LogP contribution in [0.4, 0.5) is 0 Å². The molecule has 0 saturated carbocycles. The van der Waals surface area contributed by atoms with Gasteiger partial charge >= 0.3 is 6.29 Å². The molecular weight excluding hydrogens is 92.1 g/mol. The first-order valence-corrected chi connectivity index (χ1v) is 2.37. The summed E-state index contributed by atoms with van der Waals surface area (Å²) in [5.41, 5.74) is 0. The van der Waals surface area contributed by atoms with Crippen LogP contribution in [0.5, 0.6) is 0 Å². The average molecular weight is 102 g/mol. The first-order chi connectivity index (χ1) is 3.27. The molecule has 0 amide bonds. The molecule has 0 spiro atoms. The highest BCUT2D eigenvalue weighted by Gasteiger charge is 1.91. The summed E-state index contributed by atoms with van der Waals surface area (Å²) in [5, 5.41) is 9.28. The summed E-state index contributed by atoms with van der Waals surface area (Å²) in [4.78, 5) is 0. The van der Waals surface area contributed by atoms with Crippen molar-refractivity contribution in [2.24, 2.45) is 5.92 Å². The summed E-state index contributed by atoms with van der Waals surface area (Å²) < 4.78 is 3.48. The number of hydrogen-bond donors (Lipinski definition) is 0. The second kappa shape index (κ2) is 3.65. The first kappa shape index (κ1) is 6.47. The predicted molar refractivity (Wildman–Crippen MR) is 25.5 cm³/mol. The lowest BCUT2D eigenvalue weighted by Gasteiger charge is -1.88. The van der Waals surface area contributed by atoms with Gasteiger partial charge in [0.15, 0.2) is 0 Å². The molecule has 0 unspecified atom stereocenters. The molecule has 0 aliphatic heterocycles. The van der Waals surface area contributed by atoms with Crippen molar-refractivity contribution in [1.29, 1.82) is 0 Å². The molecule has 0 saturated heterocycles. The Morgan fingerprint density at radius 1 is 1.71 bits per heavy atom. The monoisotopic (exact) mass is 102 g/mol. The van der Waals surface area contributed by atoms with E-state index in [9.17, 15) is 5.26 Å². The molecule has 0 aliphatic carbocycles. The molecule has 0 fully saturated rings. The van der Waals surface area contributed by atoms with E-state index in [1.807, 2.05) is 13.8 Å². The zero-order valence-corrected chi connectivity index (χ0v) is 4.68. The van der Waals surface area contributed by atoms with Crippen molar-refractivity contribution in [1.82, 2.24) is 0 Å². The highest BCUT2D eigenvalue weighted by Crippen LogP contribution is 1.92. The SMILES string of the molecule is CC(C)CC=[O+][O-]. The zero-order chi connectivity index (χ0) is 5.70. The van der Waals surface area contributed by atoms with Crippen LogP contribution >= 0.6 is 0 Å². The van der Waals surface area contributed by atoms with Gasteiger partial charge in [-0.25, -0.2) is 0 Å². The molecule has 0 aromatic carbocycles. The third kappa shape index (κ3) is 5.47. The fraction of sp³-hybridized carbons (Fsp3) is 0.800. The molecule has 0 aromatic heterocycles. The van der Waals surface area contributed by atoms with Crippen molar-refractivity contribution in [3.63, 3.8) is 0 Å². The van der Waals surface area contributed by atoms with E-state index in [2.05, 4.69) is 4.58 Å². The molecular formula is C5H10O2. The van der Waals surface area contributed by atoms with Crippen molar-refractivity contribution in [2.75, 3.05) is 0 Å². The Labute approximate surface area is 43.4 Å². The van der Waals surface area contributed by atoms with Crippen LogP contribution in [0.3, 0.4) is 0 Å². The molecule has 2 heteroatoms. The molecule has 0 atom stereocenters. The Bertz CT molecular complexity index is 57.1. The summed E-state index contributed by atoms with van der Waals surface area (Å²) in [6.45, 7) is 4.05. The Hall–Kier alpha value is -0.530. The van der Waals surface area contributed by atoms with E-state index in [1.54, 1.807) is 0 Å². The van der Waals surface area contributed by atoms with Crippen molar-refractivity contribution in [3.05, 3.63) is 0 Å². The normalized spacial score (nSPS) is 11.3. The van der Waals surface area contributed by atoms with Gasteiger partial charge in [-0.3, -0.25) is 0 Å². The van der Waals surface area contributed by atoms with Crippen LogP contribution in [-0.4, -0.2) is 6.29 Å². The van der Waals surface area contributed by atoms with Crippen molar-refractivity contribution in [3.8, 4) is 0 Å². The van der Waals surface area contributed by atoms with E-state index < -0.39 is 0 Å². The Kier molecular flexibility index (Phi) is 3.38. The van der Waals surface area contributed by atoms with Crippen molar-refractivity contribution < 1.29 is 9.83 Å². The van der Waals surface area contributed by atoms with Gasteiger partial charge < -0.3 is 5.26 Å². The Morgan fingerprint density at radius 3 is 2.43 bits per heavy atom. The second-order valence-electron chi connectivity index (χ2n) is 1.89. The summed E-state index contributed by atoms with van der Waals surface area (Å²) in [6, 6.07) is 0. The van der Waals surface area contributed by atoms with E-state index in [1.165, 1.54) is 6.29 Å². The summed E-state index contributed by atoms with van der Waals surface area (Å²) in [5.74, 6) is 0.522. The quantitative estimate of drug-likeness (QED) is 0.210. The van der Waals surface area contributed by atoms with E-state index in [0.717, 1.165) is 6.42 Å². The van der Waals surface area contributed by atoms with Crippen LogP contribution in [0.2, 0.25) is 0 Å². The van der Waals surface area contributed by atoms with Gasteiger partial charge in [0.2, 0.25) is 0 Å². The predicted octanol–water partition coefficient (Wildman–Crippen LogP) is 0.0424. The van der Waals surface area contributed by atoms with Gasteiger partial charge in [0, 0.05) is 0 Å². The van der Waals surface area contributed by atoms with Crippen LogP contribution in [-0.2, 0) is 4.58 Å². The van der Waals surface area contributed by atoms with Crippen LogP contribution in [0, 0.1) is 5.92 Å². The highest BCUT2D eigenvalue weighted by atomic mass is 17.1. The van der Waals surface area contributed by atoms with Crippen molar-refractivity contribution >= 4 is 6.29 Å². The standard InChI is InChI=1S/C5H10O2/c1-5(2)3-4-7-6/h4-5H,3H2,1-2H3. The van der Waals surface area contributed by atoms with Gasteiger partial charge in [-0.05, 0) is 5.92 Å². The number of rotatable bonds is 2. The Balaban J connectivity index is 2.97. The maximum atomic E-state index is 9.28. The van der Waals surface area contributed by atoms with E-state index in [-0.39, 0.29) is 0 Å². The maximum absolute atomic E-state index is 9.28.